The van der Waals surface area contributed by atoms with Gasteiger partial charge in [-0.3, -0.25) is 0 Å². The summed E-state index contributed by atoms with van der Waals surface area (Å²) in [5.41, 5.74) is 0.945. The van der Waals surface area contributed by atoms with Crippen molar-refractivity contribution in [1.82, 2.24) is 9.97 Å². The number of halogens is 1. The zero-order valence-electron chi connectivity index (χ0n) is 10.7. The van der Waals surface area contributed by atoms with E-state index in [9.17, 15) is 5.11 Å². The number of rotatable bonds is 3. The van der Waals surface area contributed by atoms with Crippen LogP contribution in [-0.4, -0.2) is 40.4 Å². The smallest absolute Gasteiger partial charge is 0.161 e. The van der Waals surface area contributed by atoms with E-state index in [2.05, 4.69) is 31.2 Å². The van der Waals surface area contributed by atoms with Gasteiger partial charge in [-0.15, -0.1) is 0 Å². The Morgan fingerprint density at radius 3 is 2.70 bits per heavy atom. The Labute approximate surface area is 125 Å². The summed E-state index contributed by atoms with van der Waals surface area (Å²) in [5, 5.41) is 12.9. The molecule has 1 saturated heterocycles. The minimum Gasteiger partial charge on any atom is -0.388 e. The molecule has 0 saturated carbocycles. The number of nitrogens with one attached hydrogen (secondary N) is 1. The average Bonchev–Trinajstić information content (AvgIpc) is 2.85. The number of aliphatic hydroxyl groups excluding tert-OH is 1. The first-order valence-corrected chi connectivity index (χ1v) is 7.13. The summed E-state index contributed by atoms with van der Waals surface area (Å²) in [4.78, 5) is 8.74. The number of anilines is 1. The number of hydrogen-bond acceptors (Lipinski definition) is 5. The van der Waals surface area contributed by atoms with Crippen LogP contribution in [0.2, 0.25) is 0 Å². The van der Waals surface area contributed by atoms with Gasteiger partial charge in [0.25, 0.3) is 0 Å². The van der Waals surface area contributed by atoms with Gasteiger partial charge in [0.15, 0.2) is 5.82 Å². The number of nitrogens with zero attached hydrogens (tertiary/aromatic N) is 2. The molecule has 2 heterocycles. The summed E-state index contributed by atoms with van der Waals surface area (Å²) in [6, 6.07) is 9.48. The Balaban J connectivity index is 1.80. The third kappa shape index (κ3) is 2.98. The number of hydrogen-bond donors (Lipinski definition) is 2. The molecule has 1 fully saturated rings. The zero-order chi connectivity index (χ0) is 13.9. The molecule has 0 radical (unpaired) electrons. The standard InChI is InChI=1S/C14H14BrN3O2/c15-10-3-1-9(2-4-10)14-16-6-5-13(18-14)17-11-7-20-8-12(11)19/h1-6,11-12,19H,7-8H2,(H,16,17,18)/t11-,12-/m1/s1. The molecule has 0 bridgehead atoms. The molecule has 0 aliphatic carbocycles. The summed E-state index contributed by atoms with van der Waals surface area (Å²) in [5.74, 6) is 1.34. The normalized spacial score (nSPS) is 21.9. The lowest BCUT2D eigenvalue weighted by Gasteiger charge is -2.15. The van der Waals surface area contributed by atoms with Crippen LogP contribution < -0.4 is 5.32 Å². The van der Waals surface area contributed by atoms with Crippen LogP contribution in [0.15, 0.2) is 41.0 Å². The Hall–Kier alpha value is -1.50. The van der Waals surface area contributed by atoms with E-state index >= 15 is 0 Å². The Morgan fingerprint density at radius 1 is 1.20 bits per heavy atom. The molecule has 0 spiro atoms. The topological polar surface area (TPSA) is 67.3 Å². The van der Waals surface area contributed by atoms with Crippen molar-refractivity contribution in [2.75, 3.05) is 18.5 Å². The van der Waals surface area contributed by atoms with E-state index in [0.29, 0.717) is 24.9 Å². The quantitative estimate of drug-likeness (QED) is 0.898. The predicted octanol–water partition coefficient (Wildman–Crippen LogP) is 2.08. The lowest BCUT2D eigenvalue weighted by atomic mass is 10.2. The van der Waals surface area contributed by atoms with E-state index in [1.807, 2.05) is 24.3 Å². The fourth-order valence-corrected chi connectivity index (χ4v) is 2.31. The highest BCUT2D eigenvalue weighted by molar-refractivity contribution is 9.10. The van der Waals surface area contributed by atoms with E-state index in [1.54, 1.807) is 12.3 Å². The van der Waals surface area contributed by atoms with Crippen LogP contribution >= 0.6 is 15.9 Å². The van der Waals surface area contributed by atoms with Gasteiger partial charge in [-0.05, 0) is 18.2 Å². The van der Waals surface area contributed by atoms with Crippen molar-refractivity contribution in [2.45, 2.75) is 12.1 Å². The largest absolute Gasteiger partial charge is 0.388 e. The van der Waals surface area contributed by atoms with E-state index in [4.69, 9.17) is 4.74 Å². The number of aliphatic hydroxyl groups is 1. The van der Waals surface area contributed by atoms with Crippen LogP contribution in [0.5, 0.6) is 0 Å². The molecule has 2 N–H and O–H groups in total. The van der Waals surface area contributed by atoms with Crippen molar-refractivity contribution in [3.8, 4) is 11.4 Å². The highest BCUT2D eigenvalue weighted by Crippen LogP contribution is 2.20. The molecule has 3 rings (SSSR count). The number of ether oxygens (including phenoxy) is 1. The molecule has 1 aromatic heterocycles. The van der Waals surface area contributed by atoms with Gasteiger partial charge in [0.2, 0.25) is 0 Å². The first-order chi connectivity index (χ1) is 9.72. The molecule has 0 unspecified atom stereocenters. The van der Waals surface area contributed by atoms with Crippen LogP contribution in [0.3, 0.4) is 0 Å². The second kappa shape index (κ2) is 5.87. The minimum atomic E-state index is -0.499. The molecule has 5 nitrogen and oxygen atoms in total. The highest BCUT2D eigenvalue weighted by atomic mass is 79.9. The molecule has 20 heavy (non-hydrogen) atoms. The van der Waals surface area contributed by atoms with Crippen LogP contribution in [0.1, 0.15) is 0 Å². The molecule has 1 aromatic carbocycles. The first-order valence-electron chi connectivity index (χ1n) is 6.34. The van der Waals surface area contributed by atoms with Gasteiger partial charge in [0.05, 0.1) is 25.4 Å². The first kappa shape index (κ1) is 13.5. The second-order valence-electron chi connectivity index (χ2n) is 4.63. The zero-order valence-corrected chi connectivity index (χ0v) is 12.2. The van der Waals surface area contributed by atoms with Crippen LogP contribution in [0.25, 0.3) is 11.4 Å². The highest BCUT2D eigenvalue weighted by Gasteiger charge is 2.26. The molecule has 0 amide bonds. The lowest BCUT2D eigenvalue weighted by molar-refractivity contribution is 0.125. The summed E-state index contributed by atoms with van der Waals surface area (Å²) in [6.45, 7) is 0.848. The summed E-state index contributed by atoms with van der Waals surface area (Å²) >= 11 is 3.40. The molecular weight excluding hydrogens is 322 g/mol. The fraction of sp³-hybridized carbons (Fsp3) is 0.286. The summed E-state index contributed by atoms with van der Waals surface area (Å²) in [6.07, 6.45) is 1.20. The molecule has 1 aliphatic heterocycles. The SMILES string of the molecule is O[C@@H]1COC[C@H]1Nc1ccnc(-c2ccc(Br)cc2)n1. The summed E-state index contributed by atoms with van der Waals surface area (Å²) < 4.78 is 6.22. The minimum absolute atomic E-state index is 0.123. The molecule has 104 valence electrons. The average molecular weight is 336 g/mol. The monoisotopic (exact) mass is 335 g/mol. The number of aromatic nitrogens is 2. The van der Waals surface area contributed by atoms with E-state index in [-0.39, 0.29) is 6.04 Å². The van der Waals surface area contributed by atoms with E-state index in [1.165, 1.54) is 0 Å². The lowest BCUT2D eigenvalue weighted by Crippen LogP contribution is -2.32. The van der Waals surface area contributed by atoms with Gasteiger partial charge in [0, 0.05) is 16.2 Å². The number of benzene rings is 1. The molecule has 2 aromatic rings. The van der Waals surface area contributed by atoms with Crippen molar-refractivity contribution in [1.29, 1.82) is 0 Å². The van der Waals surface area contributed by atoms with Gasteiger partial charge >= 0.3 is 0 Å². The van der Waals surface area contributed by atoms with Gasteiger partial charge in [-0.2, -0.15) is 0 Å². The maximum Gasteiger partial charge on any atom is 0.161 e. The Morgan fingerprint density at radius 2 is 2.00 bits per heavy atom. The van der Waals surface area contributed by atoms with Crippen LogP contribution in [-0.2, 0) is 4.74 Å². The van der Waals surface area contributed by atoms with E-state index < -0.39 is 6.10 Å². The Kier molecular flexibility index (Phi) is 3.95. The molecule has 2 atom stereocenters. The van der Waals surface area contributed by atoms with Crippen LogP contribution in [0, 0.1) is 0 Å². The summed E-state index contributed by atoms with van der Waals surface area (Å²) in [7, 11) is 0. The third-order valence-corrected chi connectivity index (χ3v) is 3.67. The Bertz CT molecular complexity index is 591. The molecule has 6 heteroatoms. The van der Waals surface area contributed by atoms with Gasteiger partial charge in [-0.1, -0.05) is 28.1 Å². The van der Waals surface area contributed by atoms with Crippen molar-refractivity contribution in [3.05, 3.63) is 41.0 Å². The van der Waals surface area contributed by atoms with Gasteiger partial charge in [-0.25, -0.2) is 9.97 Å². The van der Waals surface area contributed by atoms with Crippen molar-refractivity contribution in [2.24, 2.45) is 0 Å². The maximum atomic E-state index is 9.73. The maximum absolute atomic E-state index is 9.73. The van der Waals surface area contributed by atoms with Crippen molar-refractivity contribution < 1.29 is 9.84 Å². The fourth-order valence-electron chi connectivity index (χ4n) is 2.05. The van der Waals surface area contributed by atoms with Crippen LogP contribution in [0.4, 0.5) is 5.82 Å². The third-order valence-electron chi connectivity index (χ3n) is 3.14. The molecule has 1 aliphatic rings. The predicted molar refractivity (Wildman–Crippen MR) is 79.4 cm³/mol. The van der Waals surface area contributed by atoms with Gasteiger partial charge in [0.1, 0.15) is 5.82 Å². The van der Waals surface area contributed by atoms with Crippen molar-refractivity contribution in [3.63, 3.8) is 0 Å². The van der Waals surface area contributed by atoms with Crippen molar-refractivity contribution >= 4 is 21.7 Å². The van der Waals surface area contributed by atoms with E-state index in [0.717, 1.165) is 10.0 Å². The second-order valence-corrected chi connectivity index (χ2v) is 5.54. The molecular formula is C14H14BrN3O2. The van der Waals surface area contributed by atoms with Gasteiger partial charge < -0.3 is 15.2 Å².